The lowest BCUT2D eigenvalue weighted by Gasteiger charge is -2.06. The molecule has 19 heavy (non-hydrogen) atoms. The van der Waals surface area contributed by atoms with Gasteiger partial charge in [0.1, 0.15) is 6.54 Å². The molecule has 0 atom stereocenters. The van der Waals surface area contributed by atoms with Crippen LogP contribution in [0.2, 0.25) is 0 Å². The molecule has 0 spiro atoms. The number of carbonyl (C=O) groups excluding carboxylic acids is 1. The van der Waals surface area contributed by atoms with Gasteiger partial charge in [-0.25, -0.2) is 0 Å². The molecule has 4 heteroatoms. The van der Waals surface area contributed by atoms with Gasteiger partial charge in [0.25, 0.3) is 0 Å². The SMILES string of the molecule is CCCCOC(=O)Cn1cc(CN)c2ccccc21. The summed E-state index contributed by atoms with van der Waals surface area (Å²) in [6, 6.07) is 7.96. The highest BCUT2D eigenvalue weighted by Gasteiger charge is 2.10. The molecule has 4 nitrogen and oxygen atoms in total. The van der Waals surface area contributed by atoms with Crippen LogP contribution in [0.5, 0.6) is 0 Å². The van der Waals surface area contributed by atoms with E-state index in [4.69, 9.17) is 10.5 Å². The monoisotopic (exact) mass is 260 g/mol. The fraction of sp³-hybridized carbons (Fsp3) is 0.400. The summed E-state index contributed by atoms with van der Waals surface area (Å²) in [6.07, 6.45) is 3.87. The van der Waals surface area contributed by atoms with Gasteiger partial charge in [0, 0.05) is 23.6 Å². The van der Waals surface area contributed by atoms with E-state index in [0.717, 1.165) is 29.3 Å². The molecule has 1 aromatic heterocycles. The summed E-state index contributed by atoms with van der Waals surface area (Å²) in [7, 11) is 0. The number of aromatic nitrogens is 1. The molecular weight excluding hydrogens is 240 g/mol. The van der Waals surface area contributed by atoms with Gasteiger partial charge in [-0.05, 0) is 18.1 Å². The quantitative estimate of drug-likeness (QED) is 0.641. The van der Waals surface area contributed by atoms with Gasteiger partial charge in [0.15, 0.2) is 0 Å². The van der Waals surface area contributed by atoms with Gasteiger partial charge in [-0.1, -0.05) is 31.5 Å². The number of hydrogen-bond donors (Lipinski definition) is 1. The Kier molecular flexibility index (Phi) is 4.58. The van der Waals surface area contributed by atoms with E-state index in [1.165, 1.54) is 0 Å². The molecule has 0 unspecified atom stereocenters. The van der Waals surface area contributed by atoms with Crippen LogP contribution in [0.1, 0.15) is 25.3 Å². The van der Waals surface area contributed by atoms with Crippen molar-refractivity contribution in [1.82, 2.24) is 4.57 Å². The van der Waals surface area contributed by atoms with Crippen LogP contribution in [0, 0.1) is 0 Å². The maximum absolute atomic E-state index is 11.8. The van der Waals surface area contributed by atoms with E-state index in [1.54, 1.807) is 0 Å². The first-order valence-corrected chi connectivity index (χ1v) is 6.68. The summed E-state index contributed by atoms with van der Waals surface area (Å²) in [4.78, 5) is 11.8. The third-order valence-electron chi connectivity index (χ3n) is 3.15. The maximum Gasteiger partial charge on any atom is 0.325 e. The van der Waals surface area contributed by atoms with E-state index < -0.39 is 0 Å². The summed E-state index contributed by atoms with van der Waals surface area (Å²) in [6.45, 7) is 3.28. The second-order valence-electron chi connectivity index (χ2n) is 4.58. The highest BCUT2D eigenvalue weighted by molar-refractivity contribution is 5.85. The largest absolute Gasteiger partial charge is 0.464 e. The number of hydrogen-bond acceptors (Lipinski definition) is 3. The van der Waals surface area contributed by atoms with Crippen LogP contribution in [0.3, 0.4) is 0 Å². The number of nitrogens with two attached hydrogens (primary N) is 1. The minimum Gasteiger partial charge on any atom is -0.464 e. The number of unbranched alkanes of at least 4 members (excludes halogenated alkanes) is 1. The highest BCUT2D eigenvalue weighted by atomic mass is 16.5. The van der Waals surface area contributed by atoms with Crippen LogP contribution >= 0.6 is 0 Å². The van der Waals surface area contributed by atoms with Crippen LogP contribution in [0.25, 0.3) is 10.9 Å². The van der Waals surface area contributed by atoms with Gasteiger partial charge in [-0.2, -0.15) is 0 Å². The Morgan fingerprint density at radius 3 is 2.89 bits per heavy atom. The van der Waals surface area contributed by atoms with Gasteiger partial charge in [0.2, 0.25) is 0 Å². The number of esters is 1. The van der Waals surface area contributed by atoms with Crippen molar-refractivity contribution in [3.63, 3.8) is 0 Å². The first kappa shape index (κ1) is 13.6. The summed E-state index contributed by atoms with van der Waals surface area (Å²) < 4.78 is 7.10. The van der Waals surface area contributed by atoms with E-state index >= 15 is 0 Å². The first-order valence-electron chi connectivity index (χ1n) is 6.68. The minimum atomic E-state index is -0.197. The predicted octanol–water partition coefficient (Wildman–Crippen LogP) is 2.44. The molecule has 2 rings (SSSR count). The normalized spacial score (nSPS) is 10.8. The van der Waals surface area contributed by atoms with Gasteiger partial charge < -0.3 is 15.0 Å². The van der Waals surface area contributed by atoms with E-state index in [2.05, 4.69) is 6.92 Å². The van der Waals surface area contributed by atoms with E-state index in [0.29, 0.717) is 13.2 Å². The van der Waals surface area contributed by atoms with Crippen LogP contribution in [-0.4, -0.2) is 17.1 Å². The molecular formula is C15H20N2O2. The Hall–Kier alpha value is -1.81. The van der Waals surface area contributed by atoms with Crippen molar-refractivity contribution < 1.29 is 9.53 Å². The lowest BCUT2D eigenvalue weighted by atomic mass is 10.2. The van der Waals surface area contributed by atoms with Crippen molar-refractivity contribution in [3.05, 3.63) is 36.0 Å². The molecule has 2 N–H and O–H groups in total. The smallest absolute Gasteiger partial charge is 0.325 e. The average Bonchev–Trinajstić information content (AvgIpc) is 2.77. The van der Waals surface area contributed by atoms with Crippen molar-refractivity contribution >= 4 is 16.9 Å². The maximum atomic E-state index is 11.8. The molecule has 2 aromatic rings. The third-order valence-corrected chi connectivity index (χ3v) is 3.15. The second-order valence-corrected chi connectivity index (χ2v) is 4.58. The number of para-hydroxylation sites is 1. The van der Waals surface area contributed by atoms with E-state index in [1.807, 2.05) is 35.0 Å². The molecule has 1 heterocycles. The Morgan fingerprint density at radius 2 is 2.16 bits per heavy atom. The van der Waals surface area contributed by atoms with Crippen LogP contribution in [0.4, 0.5) is 0 Å². The second kappa shape index (κ2) is 6.38. The van der Waals surface area contributed by atoms with Crippen molar-refractivity contribution in [3.8, 4) is 0 Å². The van der Waals surface area contributed by atoms with Gasteiger partial charge in [0.05, 0.1) is 6.61 Å². The average molecular weight is 260 g/mol. The van der Waals surface area contributed by atoms with Crippen LogP contribution < -0.4 is 5.73 Å². The van der Waals surface area contributed by atoms with Crippen molar-refractivity contribution in [2.75, 3.05) is 6.61 Å². The molecule has 0 saturated carbocycles. The number of ether oxygens (including phenoxy) is 1. The van der Waals surface area contributed by atoms with Gasteiger partial charge in [-0.3, -0.25) is 4.79 Å². The lowest BCUT2D eigenvalue weighted by molar-refractivity contribution is -0.144. The Morgan fingerprint density at radius 1 is 1.37 bits per heavy atom. The number of carbonyl (C=O) groups is 1. The zero-order valence-electron chi connectivity index (χ0n) is 11.3. The molecule has 0 aliphatic heterocycles. The zero-order valence-corrected chi connectivity index (χ0v) is 11.3. The fourth-order valence-corrected chi connectivity index (χ4v) is 2.13. The summed E-state index contributed by atoms with van der Waals surface area (Å²) >= 11 is 0. The Labute approximate surface area is 113 Å². The molecule has 0 amide bonds. The predicted molar refractivity (Wildman–Crippen MR) is 75.7 cm³/mol. The number of benzene rings is 1. The zero-order chi connectivity index (χ0) is 13.7. The van der Waals surface area contributed by atoms with Crippen molar-refractivity contribution in [1.29, 1.82) is 0 Å². The topological polar surface area (TPSA) is 57.2 Å². The van der Waals surface area contributed by atoms with E-state index in [9.17, 15) is 4.79 Å². The molecule has 102 valence electrons. The minimum absolute atomic E-state index is 0.197. The van der Waals surface area contributed by atoms with Crippen LogP contribution in [0.15, 0.2) is 30.5 Å². The summed E-state index contributed by atoms with van der Waals surface area (Å²) in [5.74, 6) is -0.197. The summed E-state index contributed by atoms with van der Waals surface area (Å²) in [5, 5.41) is 1.10. The number of rotatable bonds is 6. The van der Waals surface area contributed by atoms with Gasteiger partial charge >= 0.3 is 5.97 Å². The molecule has 0 fully saturated rings. The first-order chi connectivity index (χ1) is 9.26. The highest BCUT2D eigenvalue weighted by Crippen LogP contribution is 2.20. The molecule has 0 radical (unpaired) electrons. The van der Waals surface area contributed by atoms with Crippen LogP contribution in [-0.2, 0) is 22.6 Å². The molecule has 0 bridgehead atoms. The summed E-state index contributed by atoms with van der Waals surface area (Å²) in [5.41, 5.74) is 7.81. The molecule has 1 aromatic carbocycles. The third kappa shape index (κ3) is 3.15. The lowest BCUT2D eigenvalue weighted by Crippen LogP contribution is -2.13. The standard InChI is InChI=1S/C15H20N2O2/c1-2-3-8-19-15(18)11-17-10-12(9-16)13-6-4-5-7-14(13)17/h4-7,10H,2-3,8-9,11,16H2,1H3. The van der Waals surface area contributed by atoms with Crippen molar-refractivity contribution in [2.45, 2.75) is 32.9 Å². The van der Waals surface area contributed by atoms with Gasteiger partial charge in [-0.15, -0.1) is 0 Å². The molecule has 0 aliphatic carbocycles. The number of fused-ring (bicyclic) bond motifs is 1. The Balaban J connectivity index is 2.14. The van der Waals surface area contributed by atoms with E-state index in [-0.39, 0.29) is 12.5 Å². The molecule has 0 aliphatic rings. The fourth-order valence-electron chi connectivity index (χ4n) is 2.13. The Bertz CT molecular complexity index is 560. The number of nitrogens with zero attached hydrogens (tertiary/aromatic N) is 1. The van der Waals surface area contributed by atoms with Crippen molar-refractivity contribution in [2.24, 2.45) is 5.73 Å². The molecule has 0 saturated heterocycles.